The van der Waals surface area contributed by atoms with E-state index in [-0.39, 0.29) is 6.61 Å². The van der Waals surface area contributed by atoms with Gasteiger partial charge in [0.2, 0.25) is 0 Å². The van der Waals surface area contributed by atoms with Crippen molar-refractivity contribution in [3.63, 3.8) is 0 Å². The first kappa shape index (κ1) is 9.09. The summed E-state index contributed by atoms with van der Waals surface area (Å²) >= 11 is 0. The Morgan fingerprint density at radius 1 is 1.43 bits per heavy atom. The number of hydrogen-bond acceptors (Lipinski definition) is 2. The van der Waals surface area contributed by atoms with E-state index in [0.717, 1.165) is 27.9 Å². The molecule has 0 spiro atoms. The molecule has 0 atom stereocenters. The Bertz CT molecular complexity index is 460. The van der Waals surface area contributed by atoms with Gasteiger partial charge in [-0.1, -0.05) is 12.1 Å². The lowest BCUT2D eigenvalue weighted by Crippen LogP contribution is -1.85. The quantitative estimate of drug-likeness (QED) is 0.762. The van der Waals surface area contributed by atoms with E-state index in [1.165, 1.54) is 0 Å². The van der Waals surface area contributed by atoms with Crippen LogP contribution in [0.1, 0.15) is 11.3 Å². The minimum Gasteiger partial charge on any atom is -0.495 e. The third-order valence-corrected chi connectivity index (χ3v) is 2.54. The van der Waals surface area contributed by atoms with Gasteiger partial charge < -0.3 is 14.8 Å². The molecule has 0 saturated heterocycles. The van der Waals surface area contributed by atoms with E-state index in [2.05, 4.69) is 4.98 Å². The van der Waals surface area contributed by atoms with Gasteiger partial charge >= 0.3 is 0 Å². The molecule has 1 heterocycles. The van der Waals surface area contributed by atoms with E-state index in [4.69, 9.17) is 9.84 Å². The highest BCUT2D eigenvalue weighted by atomic mass is 16.5. The van der Waals surface area contributed by atoms with Gasteiger partial charge in [0, 0.05) is 11.1 Å². The first-order chi connectivity index (χ1) is 6.77. The molecule has 0 aliphatic heterocycles. The summed E-state index contributed by atoms with van der Waals surface area (Å²) in [7, 11) is 1.64. The molecule has 0 saturated carbocycles. The number of nitrogens with one attached hydrogen (secondary N) is 1. The fourth-order valence-electron chi connectivity index (χ4n) is 1.71. The minimum absolute atomic E-state index is 0.0314. The summed E-state index contributed by atoms with van der Waals surface area (Å²) in [6, 6.07) is 5.87. The van der Waals surface area contributed by atoms with Gasteiger partial charge in [-0.25, -0.2) is 0 Å². The Morgan fingerprint density at radius 3 is 2.86 bits per heavy atom. The molecule has 3 nitrogen and oxygen atoms in total. The van der Waals surface area contributed by atoms with Crippen molar-refractivity contribution < 1.29 is 9.84 Å². The van der Waals surface area contributed by atoms with Crippen LogP contribution in [0.2, 0.25) is 0 Å². The van der Waals surface area contributed by atoms with Gasteiger partial charge in [0.25, 0.3) is 0 Å². The zero-order chi connectivity index (χ0) is 10.1. The van der Waals surface area contributed by atoms with E-state index in [1.54, 1.807) is 7.11 Å². The number of para-hydroxylation sites is 1. The van der Waals surface area contributed by atoms with Crippen LogP contribution < -0.4 is 4.74 Å². The molecule has 0 radical (unpaired) electrons. The van der Waals surface area contributed by atoms with Crippen LogP contribution >= 0.6 is 0 Å². The van der Waals surface area contributed by atoms with E-state index >= 15 is 0 Å². The third kappa shape index (κ3) is 1.17. The minimum atomic E-state index is 0.0314. The second kappa shape index (κ2) is 3.35. The monoisotopic (exact) mass is 191 g/mol. The smallest absolute Gasteiger partial charge is 0.142 e. The number of benzene rings is 1. The fourth-order valence-corrected chi connectivity index (χ4v) is 1.71. The number of aromatic nitrogens is 1. The Labute approximate surface area is 82.3 Å². The lowest BCUT2D eigenvalue weighted by Gasteiger charge is -2.00. The topological polar surface area (TPSA) is 45.2 Å². The largest absolute Gasteiger partial charge is 0.495 e. The highest BCUT2D eigenvalue weighted by Crippen LogP contribution is 2.28. The standard InChI is InChI=1S/C11H13NO2/c1-7-8-4-3-5-10(14-2)11(8)12-9(7)6-13/h3-5,12-13H,6H2,1-2H3. The van der Waals surface area contributed by atoms with E-state index in [9.17, 15) is 0 Å². The number of H-pyrrole nitrogens is 1. The Morgan fingerprint density at radius 2 is 2.21 bits per heavy atom. The number of ether oxygens (including phenoxy) is 1. The van der Waals surface area contributed by atoms with Crippen LogP contribution in [0.3, 0.4) is 0 Å². The summed E-state index contributed by atoms with van der Waals surface area (Å²) < 4.78 is 5.23. The molecule has 0 unspecified atom stereocenters. The Hall–Kier alpha value is -1.48. The van der Waals surface area contributed by atoms with Gasteiger partial charge in [0.05, 0.1) is 19.2 Å². The molecule has 74 valence electrons. The first-order valence-corrected chi connectivity index (χ1v) is 4.53. The van der Waals surface area contributed by atoms with Gasteiger partial charge in [-0.05, 0) is 18.6 Å². The average Bonchev–Trinajstić information content (AvgIpc) is 2.55. The predicted octanol–water partition coefficient (Wildman–Crippen LogP) is 1.98. The SMILES string of the molecule is COc1cccc2c(C)c(CO)[nH]c12. The number of aliphatic hydroxyl groups is 1. The normalized spacial score (nSPS) is 10.8. The number of rotatable bonds is 2. The van der Waals surface area contributed by atoms with Crippen LogP contribution in [-0.4, -0.2) is 17.2 Å². The van der Waals surface area contributed by atoms with E-state index in [1.807, 2.05) is 25.1 Å². The van der Waals surface area contributed by atoms with Gasteiger partial charge in [-0.2, -0.15) is 0 Å². The van der Waals surface area contributed by atoms with Crippen molar-refractivity contribution in [2.75, 3.05) is 7.11 Å². The lowest BCUT2D eigenvalue weighted by molar-refractivity contribution is 0.277. The number of hydrogen-bond donors (Lipinski definition) is 2. The van der Waals surface area contributed by atoms with Crippen LogP contribution in [0.15, 0.2) is 18.2 Å². The lowest BCUT2D eigenvalue weighted by atomic mass is 10.1. The zero-order valence-corrected chi connectivity index (χ0v) is 8.29. The number of aromatic amines is 1. The summed E-state index contributed by atoms with van der Waals surface area (Å²) in [6.07, 6.45) is 0. The summed E-state index contributed by atoms with van der Waals surface area (Å²) in [6.45, 7) is 2.02. The molecule has 2 rings (SSSR count). The van der Waals surface area contributed by atoms with Crippen LogP contribution in [0, 0.1) is 6.92 Å². The van der Waals surface area contributed by atoms with E-state index < -0.39 is 0 Å². The van der Waals surface area contributed by atoms with Gasteiger partial charge in [0.15, 0.2) is 0 Å². The predicted molar refractivity (Wildman–Crippen MR) is 55.5 cm³/mol. The molecular formula is C11H13NO2. The molecule has 1 aromatic carbocycles. The molecule has 1 aromatic heterocycles. The van der Waals surface area contributed by atoms with Gasteiger partial charge in [-0.3, -0.25) is 0 Å². The van der Waals surface area contributed by atoms with Crippen molar-refractivity contribution in [1.29, 1.82) is 0 Å². The highest BCUT2D eigenvalue weighted by molar-refractivity contribution is 5.89. The Kier molecular flexibility index (Phi) is 2.17. The van der Waals surface area contributed by atoms with Crippen molar-refractivity contribution in [1.82, 2.24) is 4.98 Å². The molecule has 2 N–H and O–H groups in total. The summed E-state index contributed by atoms with van der Waals surface area (Å²) in [5, 5.41) is 10.2. The fraction of sp³-hybridized carbons (Fsp3) is 0.273. The number of aliphatic hydroxyl groups excluding tert-OH is 1. The second-order valence-corrected chi connectivity index (χ2v) is 3.27. The van der Waals surface area contributed by atoms with Crippen LogP contribution in [0.4, 0.5) is 0 Å². The molecule has 0 amide bonds. The van der Waals surface area contributed by atoms with E-state index in [0.29, 0.717) is 0 Å². The maximum absolute atomic E-state index is 9.11. The van der Waals surface area contributed by atoms with Crippen LogP contribution in [0.5, 0.6) is 5.75 Å². The molecule has 2 aromatic rings. The molecule has 14 heavy (non-hydrogen) atoms. The molecule has 0 bridgehead atoms. The van der Waals surface area contributed by atoms with Gasteiger partial charge in [0.1, 0.15) is 5.75 Å². The summed E-state index contributed by atoms with van der Waals surface area (Å²) in [5.41, 5.74) is 2.89. The van der Waals surface area contributed by atoms with Crippen LogP contribution in [-0.2, 0) is 6.61 Å². The van der Waals surface area contributed by atoms with Crippen molar-refractivity contribution in [2.24, 2.45) is 0 Å². The Balaban J connectivity index is 2.77. The maximum atomic E-state index is 9.11. The molecule has 0 aliphatic rings. The molecular weight excluding hydrogens is 178 g/mol. The van der Waals surface area contributed by atoms with Gasteiger partial charge in [-0.15, -0.1) is 0 Å². The average molecular weight is 191 g/mol. The molecule has 3 heteroatoms. The summed E-state index contributed by atoms with van der Waals surface area (Å²) in [4.78, 5) is 3.16. The molecule has 0 aliphatic carbocycles. The molecule has 0 fully saturated rings. The second-order valence-electron chi connectivity index (χ2n) is 3.27. The number of fused-ring (bicyclic) bond motifs is 1. The van der Waals surface area contributed by atoms with Crippen molar-refractivity contribution in [3.8, 4) is 5.75 Å². The number of methoxy groups -OCH3 is 1. The van der Waals surface area contributed by atoms with Crippen molar-refractivity contribution in [3.05, 3.63) is 29.5 Å². The van der Waals surface area contributed by atoms with Crippen LogP contribution in [0.25, 0.3) is 10.9 Å². The first-order valence-electron chi connectivity index (χ1n) is 4.53. The summed E-state index contributed by atoms with van der Waals surface area (Å²) in [5.74, 6) is 0.810. The third-order valence-electron chi connectivity index (χ3n) is 2.54. The highest BCUT2D eigenvalue weighted by Gasteiger charge is 2.09. The zero-order valence-electron chi connectivity index (χ0n) is 8.29. The van der Waals surface area contributed by atoms with Crippen molar-refractivity contribution >= 4 is 10.9 Å². The van der Waals surface area contributed by atoms with Crippen molar-refractivity contribution in [2.45, 2.75) is 13.5 Å². The number of aryl methyl sites for hydroxylation is 1. The maximum Gasteiger partial charge on any atom is 0.142 e.